The van der Waals surface area contributed by atoms with Gasteiger partial charge in [0.2, 0.25) is 0 Å². The molecule has 0 aliphatic rings. The molecular formula is C13H15ClFN3. The molecule has 0 aliphatic heterocycles. The Bertz CT molecular complexity index is 499. The summed E-state index contributed by atoms with van der Waals surface area (Å²) in [6.45, 7) is 3.61. The summed E-state index contributed by atoms with van der Waals surface area (Å²) >= 11 is 5.76. The van der Waals surface area contributed by atoms with Gasteiger partial charge in [0.1, 0.15) is 5.82 Å². The third kappa shape index (κ3) is 3.31. The first-order chi connectivity index (χ1) is 8.66. The zero-order valence-electron chi connectivity index (χ0n) is 10.1. The summed E-state index contributed by atoms with van der Waals surface area (Å²) in [5.74, 6) is -0.385. The third-order valence-electron chi connectivity index (χ3n) is 2.79. The van der Waals surface area contributed by atoms with Crippen LogP contribution in [0.5, 0.6) is 0 Å². The lowest BCUT2D eigenvalue weighted by Crippen LogP contribution is -2.23. The minimum absolute atomic E-state index is 0.124. The Hall–Kier alpha value is -1.39. The van der Waals surface area contributed by atoms with Crippen molar-refractivity contribution in [3.63, 3.8) is 0 Å². The molecule has 1 heterocycles. The molecule has 2 rings (SSSR count). The summed E-state index contributed by atoms with van der Waals surface area (Å²) in [4.78, 5) is 0. The molecule has 0 amide bonds. The van der Waals surface area contributed by atoms with Crippen LogP contribution in [0.15, 0.2) is 36.7 Å². The summed E-state index contributed by atoms with van der Waals surface area (Å²) in [7, 11) is 0. The number of hydrogen-bond donors (Lipinski definition) is 1. The second-order valence-corrected chi connectivity index (χ2v) is 4.53. The minimum Gasteiger partial charge on any atom is -0.308 e. The fourth-order valence-corrected chi connectivity index (χ4v) is 1.92. The summed E-state index contributed by atoms with van der Waals surface area (Å²) < 4.78 is 14.9. The van der Waals surface area contributed by atoms with Gasteiger partial charge in [-0.05, 0) is 30.7 Å². The standard InChI is InChI=1S/C13H15ClFN3/c1-10(11-3-4-13(15)12(14)9-11)16-6-8-18-7-2-5-17-18/h2-5,7,9-10,16H,6,8H2,1H3. The molecule has 0 saturated carbocycles. The van der Waals surface area contributed by atoms with E-state index >= 15 is 0 Å². The van der Waals surface area contributed by atoms with Crippen LogP contribution in [0, 0.1) is 5.82 Å². The molecule has 5 heteroatoms. The smallest absolute Gasteiger partial charge is 0.141 e. The van der Waals surface area contributed by atoms with Gasteiger partial charge in [-0.15, -0.1) is 0 Å². The second-order valence-electron chi connectivity index (χ2n) is 4.12. The Morgan fingerprint density at radius 2 is 2.33 bits per heavy atom. The molecule has 96 valence electrons. The van der Waals surface area contributed by atoms with Crippen LogP contribution in [0.1, 0.15) is 18.5 Å². The van der Waals surface area contributed by atoms with Gasteiger partial charge in [-0.1, -0.05) is 17.7 Å². The molecule has 0 spiro atoms. The number of aromatic nitrogens is 2. The third-order valence-corrected chi connectivity index (χ3v) is 3.08. The van der Waals surface area contributed by atoms with Crippen molar-refractivity contribution in [2.45, 2.75) is 19.5 Å². The number of nitrogens with zero attached hydrogens (tertiary/aromatic N) is 2. The molecule has 3 nitrogen and oxygen atoms in total. The summed E-state index contributed by atoms with van der Waals surface area (Å²) in [6, 6.07) is 6.81. The fourth-order valence-electron chi connectivity index (χ4n) is 1.73. The van der Waals surface area contributed by atoms with Crippen molar-refractivity contribution in [3.8, 4) is 0 Å². The van der Waals surface area contributed by atoms with Crippen molar-refractivity contribution < 1.29 is 4.39 Å². The lowest BCUT2D eigenvalue weighted by Gasteiger charge is -2.14. The van der Waals surface area contributed by atoms with E-state index in [1.165, 1.54) is 6.07 Å². The zero-order chi connectivity index (χ0) is 13.0. The molecule has 1 aromatic heterocycles. The molecule has 0 radical (unpaired) electrons. The van der Waals surface area contributed by atoms with Crippen LogP contribution in [-0.2, 0) is 6.54 Å². The van der Waals surface area contributed by atoms with Crippen LogP contribution in [0.2, 0.25) is 5.02 Å². The van der Waals surface area contributed by atoms with Crippen LogP contribution in [0.4, 0.5) is 4.39 Å². The highest BCUT2D eigenvalue weighted by atomic mass is 35.5. The van der Waals surface area contributed by atoms with Gasteiger partial charge in [0.05, 0.1) is 11.6 Å². The lowest BCUT2D eigenvalue weighted by molar-refractivity contribution is 0.507. The molecular weight excluding hydrogens is 253 g/mol. The van der Waals surface area contributed by atoms with E-state index in [0.29, 0.717) is 0 Å². The van der Waals surface area contributed by atoms with E-state index < -0.39 is 0 Å². The number of nitrogens with one attached hydrogen (secondary N) is 1. The first-order valence-electron chi connectivity index (χ1n) is 5.82. The molecule has 1 N–H and O–H groups in total. The molecule has 0 bridgehead atoms. The van der Waals surface area contributed by atoms with Gasteiger partial charge in [0.15, 0.2) is 0 Å². The molecule has 0 fully saturated rings. The molecule has 1 unspecified atom stereocenters. The maximum absolute atomic E-state index is 13.0. The normalized spacial score (nSPS) is 12.6. The number of halogens is 2. The SMILES string of the molecule is CC(NCCn1cccn1)c1ccc(F)c(Cl)c1. The van der Waals surface area contributed by atoms with Gasteiger partial charge in [0, 0.05) is 25.0 Å². The maximum atomic E-state index is 13.0. The van der Waals surface area contributed by atoms with Crippen molar-refractivity contribution in [3.05, 3.63) is 53.1 Å². The first-order valence-corrected chi connectivity index (χ1v) is 6.20. The van der Waals surface area contributed by atoms with Crippen molar-refractivity contribution in [2.24, 2.45) is 0 Å². The Kier molecular flexibility index (Phi) is 4.33. The molecule has 18 heavy (non-hydrogen) atoms. The Balaban J connectivity index is 1.87. The lowest BCUT2D eigenvalue weighted by atomic mass is 10.1. The molecule has 0 saturated heterocycles. The van der Waals surface area contributed by atoms with Crippen molar-refractivity contribution in [2.75, 3.05) is 6.54 Å². The van der Waals surface area contributed by atoms with E-state index in [0.717, 1.165) is 18.7 Å². The molecule has 1 atom stereocenters. The van der Waals surface area contributed by atoms with E-state index in [1.54, 1.807) is 18.3 Å². The number of rotatable bonds is 5. The average Bonchev–Trinajstić information content (AvgIpc) is 2.85. The van der Waals surface area contributed by atoms with Gasteiger partial charge in [-0.25, -0.2) is 4.39 Å². The monoisotopic (exact) mass is 267 g/mol. The highest BCUT2D eigenvalue weighted by Crippen LogP contribution is 2.20. The quantitative estimate of drug-likeness (QED) is 0.902. The van der Waals surface area contributed by atoms with E-state index in [4.69, 9.17) is 11.6 Å². The number of hydrogen-bond acceptors (Lipinski definition) is 2. The molecule has 1 aromatic carbocycles. The van der Waals surface area contributed by atoms with Crippen molar-refractivity contribution in [1.82, 2.24) is 15.1 Å². The van der Waals surface area contributed by atoms with E-state index in [2.05, 4.69) is 10.4 Å². The molecule has 0 aliphatic carbocycles. The highest BCUT2D eigenvalue weighted by Gasteiger charge is 2.07. The maximum Gasteiger partial charge on any atom is 0.141 e. The van der Waals surface area contributed by atoms with Crippen molar-refractivity contribution in [1.29, 1.82) is 0 Å². The predicted molar refractivity (Wildman–Crippen MR) is 70.1 cm³/mol. The Labute approximate surface area is 111 Å². The van der Waals surface area contributed by atoms with Crippen LogP contribution >= 0.6 is 11.6 Å². The van der Waals surface area contributed by atoms with Gasteiger partial charge in [-0.3, -0.25) is 4.68 Å². The first kappa shape index (κ1) is 13.1. The van der Waals surface area contributed by atoms with E-state index in [9.17, 15) is 4.39 Å². The molecule has 2 aromatic rings. The van der Waals surface area contributed by atoms with Gasteiger partial charge in [-0.2, -0.15) is 5.10 Å². The summed E-state index contributed by atoms with van der Waals surface area (Å²) in [5, 5.41) is 7.62. The van der Waals surface area contributed by atoms with Crippen LogP contribution in [0.25, 0.3) is 0 Å². The van der Waals surface area contributed by atoms with Crippen LogP contribution < -0.4 is 5.32 Å². The summed E-state index contributed by atoms with van der Waals surface area (Å²) in [5.41, 5.74) is 0.974. The Morgan fingerprint density at radius 3 is 3.00 bits per heavy atom. The predicted octanol–water partition coefficient (Wildman–Crippen LogP) is 3.03. The average molecular weight is 268 g/mol. The van der Waals surface area contributed by atoms with Crippen LogP contribution in [-0.4, -0.2) is 16.3 Å². The largest absolute Gasteiger partial charge is 0.308 e. The number of benzene rings is 1. The highest BCUT2D eigenvalue weighted by molar-refractivity contribution is 6.30. The van der Waals surface area contributed by atoms with E-state index in [-0.39, 0.29) is 16.9 Å². The topological polar surface area (TPSA) is 29.9 Å². The van der Waals surface area contributed by atoms with Gasteiger partial charge < -0.3 is 5.32 Å². The van der Waals surface area contributed by atoms with Gasteiger partial charge in [0.25, 0.3) is 0 Å². The Morgan fingerprint density at radius 1 is 1.50 bits per heavy atom. The van der Waals surface area contributed by atoms with Crippen LogP contribution in [0.3, 0.4) is 0 Å². The zero-order valence-corrected chi connectivity index (χ0v) is 10.9. The second kappa shape index (κ2) is 5.98. The van der Waals surface area contributed by atoms with Crippen molar-refractivity contribution >= 4 is 11.6 Å². The fraction of sp³-hybridized carbons (Fsp3) is 0.308. The van der Waals surface area contributed by atoms with E-state index in [1.807, 2.05) is 23.9 Å². The van der Waals surface area contributed by atoms with Gasteiger partial charge >= 0.3 is 0 Å². The minimum atomic E-state index is -0.385. The summed E-state index contributed by atoms with van der Waals surface area (Å²) in [6.07, 6.45) is 3.67.